The summed E-state index contributed by atoms with van der Waals surface area (Å²) in [4.78, 5) is 23.7. The summed E-state index contributed by atoms with van der Waals surface area (Å²) in [5.74, 6) is 0.423. The molecule has 28 heavy (non-hydrogen) atoms. The third-order valence-corrected chi connectivity index (χ3v) is 4.43. The van der Waals surface area contributed by atoms with Crippen LogP contribution in [0.1, 0.15) is 21.9 Å². The lowest BCUT2D eigenvalue weighted by Gasteiger charge is -2.10. The first-order valence-electron chi connectivity index (χ1n) is 8.72. The van der Waals surface area contributed by atoms with Crippen LogP contribution in [0, 0.1) is 6.92 Å². The van der Waals surface area contributed by atoms with Crippen molar-refractivity contribution >= 4 is 11.7 Å². The number of ether oxygens (including phenoxy) is 2. The second-order valence-electron chi connectivity index (χ2n) is 6.17. The van der Waals surface area contributed by atoms with Crippen molar-refractivity contribution in [1.29, 1.82) is 0 Å². The van der Waals surface area contributed by atoms with Gasteiger partial charge < -0.3 is 19.2 Å². The maximum absolute atomic E-state index is 12.0. The molecule has 144 valence electrons. The van der Waals surface area contributed by atoms with Crippen LogP contribution in [0.25, 0.3) is 11.1 Å². The first kappa shape index (κ1) is 19.2. The molecule has 0 aliphatic rings. The van der Waals surface area contributed by atoms with Crippen molar-refractivity contribution in [2.75, 3.05) is 19.5 Å². The quantitative estimate of drug-likeness (QED) is 0.652. The van der Waals surface area contributed by atoms with Crippen molar-refractivity contribution in [3.63, 3.8) is 0 Å². The monoisotopic (exact) mass is 379 g/mol. The molecule has 0 aliphatic carbocycles. The Kier molecular flexibility index (Phi) is 5.79. The van der Waals surface area contributed by atoms with E-state index in [4.69, 9.17) is 9.15 Å². The van der Waals surface area contributed by atoms with Gasteiger partial charge in [-0.25, -0.2) is 4.79 Å². The first-order valence-corrected chi connectivity index (χ1v) is 8.72. The van der Waals surface area contributed by atoms with E-state index in [1.54, 1.807) is 14.0 Å². The number of benzene rings is 2. The number of carbonyl (C=O) groups is 1. The lowest BCUT2D eigenvalue weighted by atomic mass is 10.1. The molecule has 0 saturated carbocycles. The Morgan fingerprint density at radius 1 is 1.00 bits per heavy atom. The van der Waals surface area contributed by atoms with Gasteiger partial charge in [0.25, 0.3) is 0 Å². The van der Waals surface area contributed by atoms with Crippen molar-refractivity contribution in [3.8, 4) is 16.9 Å². The van der Waals surface area contributed by atoms with E-state index in [0.717, 1.165) is 28.6 Å². The van der Waals surface area contributed by atoms with E-state index in [9.17, 15) is 9.59 Å². The molecule has 6 nitrogen and oxygen atoms in total. The molecule has 3 rings (SSSR count). The predicted molar refractivity (Wildman–Crippen MR) is 107 cm³/mol. The molecule has 0 bridgehead atoms. The molecule has 0 radical (unpaired) electrons. The summed E-state index contributed by atoms with van der Waals surface area (Å²) in [5, 5.41) is 3.21. The molecule has 3 aromatic rings. The van der Waals surface area contributed by atoms with E-state index in [-0.39, 0.29) is 17.7 Å². The molecular weight excluding hydrogens is 358 g/mol. The van der Waals surface area contributed by atoms with Gasteiger partial charge in [-0.15, -0.1) is 0 Å². The molecule has 0 spiro atoms. The number of methoxy groups -OCH3 is 2. The van der Waals surface area contributed by atoms with Crippen molar-refractivity contribution in [3.05, 3.63) is 81.9 Å². The van der Waals surface area contributed by atoms with Gasteiger partial charge in [0.2, 0.25) is 5.76 Å². The fourth-order valence-electron chi connectivity index (χ4n) is 2.72. The Bertz CT molecular complexity index is 1020. The SMILES string of the molecule is COC(=O)c1cc(=O)c(C)c(CNc2ccc(-c3ccc(OC)cc3)cc2)o1. The topological polar surface area (TPSA) is 77.8 Å². The Morgan fingerprint density at radius 2 is 1.61 bits per heavy atom. The van der Waals surface area contributed by atoms with Crippen LogP contribution < -0.4 is 15.5 Å². The average Bonchev–Trinajstić information content (AvgIpc) is 2.74. The largest absolute Gasteiger partial charge is 0.497 e. The fraction of sp³-hybridized carbons (Fsp3) is 0.182. The van der Waals surface area contributed by atoms with Crippen molar-refractivity contribution < 1.29 is 18.7 Å². The number of hydrogen-bond acceptors (Lipinski definition) is 6. The lowest BCUT2D eigenvalue weighted by molar-refractivity contribution is 0.0559. The van der Waals surface area contributed by atoms with Gasteiger partial charge in [0.15, 0.2) is 5.43 Å². The van der Waals surface area contributed by atoms with Crippen molar-refractivity contribution in [2.24, 2.45) is 0 Å². The number of anilines is 1. The summed E-state index contributed by atoms with van der Waals surface area (Å²) >= 11 is 0. The summed E-state index contributed by atoms with van der Waals surface area (Å²) < 4.78 is 15.3. The van der Waals surface area contributed by atoms with Gasteiger partial charge in [0.05, 0.1) is 20.8 Å². The van der Waals surface area contributed by atoms with Crippen LogP contribution in [-0.2, 0) is 11.3 Å². The van der Waals surface area contributed by atoms with Gasteiger partial charge in [-0.1, -0.05) is 24.3 Å². The molecule has 0 fully saturated rings. The molecule has 1 aromatic heterocycles. The maximum Gasteiger partial charge on any atom is 0.374 e. The van der Waals surface area contributed by atoms with Crippen LogP contribution in [0.2, 0.25) is 0 Å². The molecule has 0 saturated heterocycles. The van der Waals surface area contributed by atoms with Crippen molar-refractivity contribution in [2.45, 2.75) is 13.5 Å². The normalized spacial score (nSPS) is 10.4. The number of esters is 1. The second kappa shape index (κ2) is 8.43. The third kappa shape index (κ3) is 4.23. The zero-order valence-electron chi connectivity index (χ0n) is 15.9. The minimum atomic E-state index is -0.679. The third-order valence-electron chi connectivity index (χ3n) is 4.43. The van der Waals surface area contributed by atoms with Crippen LogP contribution >= 0.6 is 0 Å². The molecule has 0 aliphatic heterocycles. The summed E-state index contributed by atoms with van der Waals surface area (Å²) in [6, 6.07) is 16.9. The second-order valence-corrected chi connectivity index (χ2v) is 6.17. The van der Waals surface area contributed by atoms with Crippen LogP contribution in [0.4, 0.5) is 5.69 Å². The first-order chi connectivity index (χ1) is 13.5. The Hall–Kier alpha value is -3.54. The Balaban J connectivity index is 1.73. The maximum atomic E-state index is 12.0. The number of nitrogens with one attached hydrogen (secondary N) is 1. The zero-order valence-corrected chi connectivity index (χ0v) is 15.9. The number of hydrogen-bond donors (Lipinski definition) is 1. The van der Waals surface area contributed by atoms with Crippen LogP contribution in [0.5, 0.6) is 5.75 Å². The van der Waals surface area contributed by atoms with Gasteiger partial charge >= 0.3 is 5.97 Å². The highest BCUT2D eigenvalue weighted by Crippen LogP contribution is 2.24. The van der Waals surface area contributed by atoms with E-state index < -0.39 is 5.97 Å². The molecule has 1 heterocycles. The number of carbonyl (C=O) groups excluding carboxylic acids is 1. The molecule has 6 heteroatoms. The minimum absolute atomic E-state index is 0.107. The van der Waals surface area contributed by atoms with Crippen LogP contribution in [0.3, 0.4) is 0 Å². The highest BCUT2D eigenvalue weighted by atomic mass is 16.5. The number of rotatable bonds is 6. The Morgan fingerprint density at radius 3 is 2.18 bits per heavy atom. The molecule has 0 atom stereocenters. The molecule has 1 N–H and O–H groups in total. The summed E-state index contributed by atoms with van der Waals surface area (Å²) in [5.41, 5.74) is 3.21. The fourth-order valence-corrected chi connectivity index (χ4v) is 2.72. The highest BCUT2D eigenvalue weighted by Gasteiger charge is 2.14. The average molecular weight is 379 g/mol. The van der Waals surface area contributed by atoms with E-state index in [0.29, 0.717) is 11.3 Å². The molecule has 0 unspecified atom stereocenters. The highest BCUT2D eigenvalue weighted by molar-refractivity contribution is 5.86. The van der Waals surface area contributed by atoms with Gasteiger partial charge in [0.1, 0.15) is 11.5 Å². The molecular formula is C22H21NO5. The van der Waals surface area contributed by atoms with Gasteiger partial charge in [-0.2, -0.15) is 0 Å². The van der Waals surface area contributed by atoms with E-state index in [1.807, 2.05) is 48.5 Å². The molecule has 2 aromatic carbocycles. The van der Waals surface area contributed by atoms with E-state index in [1.165, 1.54) is 7.11 Å². The van der Waals surface area contributed by atoms with Gasteiger partial charge in [-0.05, 0) is 42.3 Å². The molecule has 0 amide bonds. The zero-order chi connectivity index (χ0) is 20.1. The van der Waals surface area contributed by atoms with Gasteiger partial charge in [-0.3, -0.25) is 4.79 Å². The van der Waals surface area contributed by atoms with Crippen LogP contribution in [0.15, 0.2) is 63.8 Å². The van der Waals surface area contributed by atoms with E-state index in [2.05, 4.69) is 10.1 Å². The summed E-state index contributed by atoms with van der Waals surface area (Å²) in [6.07, 6.45) is 0. The Labute approximate surface area is 162 Å². The predicted octanol–water partition coefficient (Wildman–Crippen LogP) is 4.02. The summed E-state index contributed by atoms with van der Waals surface area (Å²) in [7, 11) is 2.88. The summed E-state index contributed by atoms with van der Waals surface area (Å²) in [6.45, 7) is 1.93. The standard InChI is InChI=1S/C22H21NO5/c1-14-19(24)12-20(22(25)27-3)28-21(14)13-23-17-8-4-15(5-9-17)16-6-10-18(26-2)11-7-16/h4-12,23H,13H2,1-3H3. The van der Waals surface area contributed by atoms with Crippen molar-refractivity contribution in [1.82, 2.24) is 0 Å². The van der Waals surface area contributed by atoms with Crippen LogP contribution in [-0.4, -0.2) is 20.2 Å². The van der Waals surface area contributed by atoms with E-state index >= 15 is 0 Å². The minimum Gasteiger partial charge on any atom is -0.497 e. The van der Waals surface area contributed by atoms with Gasteiger partial charge in [0, 0.05) is 17.3 Å². The smallest absolute Gasteiger partial charge is 0.374 e. The lowest BCUT2D eigenvalue weighted by Crippen LogP contribution is -2.15.